The number of anilines is 3. The number of benzene rings is 1. The standard InChI is InChI=1S/C21H25N7O3S2/c1-11(29)28-21(2,3)9-15(30)24-13-7-5-6-12(8-13)14-10-32-18(25-14)16-17(22)26-20(33-16)27-19(31)23-4/h5-8,10H,9,22H2,1-4H3,(H,24,30)(H,28,29)(H2,23,26,27,31). The van der Waals surface area contributed by atoms with Gasteiger partial charge in [-0.05, 0) is 26.0 Å². The average Bonchev–Trinajstić information content (AvgIpc) is 3.33. The number of nitrogens with two attached hydrogens (primary N) is 1. The molecule has 174 valence electrons. The monoisotopic (exact) mass is 487 g/mol. The zero-order chi connectivity index (χ0) is 24.2. The first-order valence-electron chi connectivity index (χ1n) is 9.96. The van der Waals surface area contributed by atoms with E-state index in [-0.39, 0.29) is 30.1 Å². The zero-order valence-electron chi connectivity index (χ0n) is 18.6. The van der Waals surface area contributed by atoms with Gasteiger partial charge >= 0.3 is 6.03 Å². The van der Waals surface area contributed by atoms with Crippen molar-refractivity contribution in [1.82, 2.24) is 20.6 Å². The smallest absolute Gasteiger partial charge is 0.320 e. The van der Waals surface area contributed by atoms with E-state index < -0.39 is 5.54 Å². The van der Waals surface area contributed by atoms with Gasteiger partial charge in [-0.2, -0.15) is 0 Å². The normalized spacial score (nSPS) is 11.0. The van der Waals surface area contributed by atoms with Crippen molar-refractivity contribution in [2.75, 3.05) is 23.4 Å². The van der Waals surface area contributed by atoms with Gasteiger partial charge in [-0.25, -0.2) is 14.8 Å². The van der Waals surface area contributed by atoms with Crippen LogP contribution in [0.5, 0.6) is 0 Å². The molecule has 0 unspecified atom stereocenters. The summed E-state index contributed by atoms with van der Waals surface area (Å²) in [6.07, 6.45) is 0.134. The molecule has 2 heterocycles. The molecule has 6 N–H and O–H groups in total. The summed E-state index contributed by atoms with van der Waals surface area (Å²) in [6.45, 7) is 5.01. The van der Waals surface area contributed by atoms with E-state index in [9.17, 15) is 14.4 Å². The Morgan fingerprint density at radius 3 is 2.61 bits per heavy atom. The Balaban J connectivity index is 1.74. The minimum absolute atomic E-state index is 0.134. The molecule has 4 amide bonds. The SMILES string of the molecule is CNC(=O)Nc1nc(N)c(-c2nc(-c3cccc(NC(=O)CC(C)(C)NC(C)=O)c3)cs2)s1. The number of hydrogen-bond donors (Lipinski definition) is 5. The van der Waals surface area contributed by atoms with E-state index in [1.54, 1.807) is 19.9 Å². The van der Waals surface area contributed by atoms with Crippen LogP contribution in [0.25, 0.3) is 21.1 Å². The number of carbonyl (C=O) groups excluding carboxylic acids is 3. The van der Waals surface area contributed by atoms with Crippen LogP contribution in [0.15, 0.2) is 29.6 Å². The average molecular weight is 488 g/mol. The fourth-order valence-electron chi connectivity index (χ4n) is 3.09. The molecule has 3 aromatic rings. The summed E-state index contributed by atoms with van der Waals surface area (Å²) in [7, 11) is 1.51. The highest BCUT2D eigenvalue weighted by atomic mass is 32.1. The van der Waals surface area contributed by atoms with Crippen molar-refractivity contribution in [3.8, 4) is 21.1 Å². The lowest BCUT2D eigenvalue weighted by atomic mass is 10.00. The molecule has 0 bridgehead atoms. The number of rotatable bonds is 7. The molecule has 0 spiro atoms. The maximum atomic E-state index is 12.5. The number of nitrogens with one attached hydrogen (secondary N) is 4. The van der Waals surface area contributed by atoms with Gasteiger partial charge in [0.1, 0.15) is 15.7 Å². The van der Waals surface area contributed by atoms with Gasteiger partial charge in [0.05, 0.1) is 5.69 Å². The predicted octanol–water partition coefficient (Wildman–Crippen LogP) is 3.51. The third kappa shape index (κ3) is 6.49. The van der Waals surface area contributed by atoms with Crippen molar-refractivity contribution in [1.29, 1.82) is 0 Å². The predicted molar refractivity (Wildman–Crippen MR) is 132 cm³/mol. The van der Waals surface area contributed by atoms with Crippen LogP contribution in [-0.4, -0.2) is 40.4 Å². The van der Waals surface area contributed by atoms with E-state index in [0.29, 0.717) is 20.7 Å². The summed E-state index contributed by atoms with van der Waals surface area (Å²) in [6, 6.07) is 6.96. The quantitative estimate of drug-likeness (QED) is 0.344. The summed E-state index contributed by atoms with van der Waals surface area (Å²) in [5.74, 6) is -0.110. The van der Waals surface area contributed by atoms with Crippen LogP contribution >= 0.6 is 22.7 Å². The van der Waals surface area contributed by atoms with Crippen LogP contribution in [0.4, 0.5) is 21.4 Å². The molecule has 10 nitrogen and oxygen atoms in total. The summed E-state index contributed by atoms with van der Waals surface area (Å²) < 4.78 is 0. The first kappa shape index (κ1) is 24.1. The molecule has 0 saturated heterocycles. The molecule has 12 heteroatoms. The van der Waals surface area contributed by atoms with Gasteiger partial charge in [0.2, 0.25) is 11.8 Å². The maximum absolute atomic E-state index is 12.5. The highest BCUT2D eigenvalue weighted by Gasteiger charge is 2.23. The van der Waals surface area contributed by atoms with Gasteiger partial charge in [-0.3, -0.25) is 14.9 Å². The zero-order valence-corrected chi connectivity index (χ0v) is 20.2. The van der Waals surface area contributed by atoms with Crippen molar-refractivity contribution in [3.05, 3.63) is 29.6 Å². The van der Waals surface area contributed by atoms with Crippen LogP contribution in [0.1, 0.15) is 27.2 Å². The number of carbonyl (C=O) groups is 3. The number of hydrogen-bond acceptors (Lipinski definition) is 8. The second-order valence-corrected chi connectivity index (χ2v) is 9.70. The summed E-state index contributed by atoms with van der Waals surface area (Å²) >= 11 is 2.65. The van der Waals surface area contributed by atoms with Gasteiger partial charge < -0.3 is 21.7 Å². The molecule has 0 radical (unpaired) electrons. The molecular formula is C21H25N7O3S2. The number of amides is 4. The van der Waals surface area contributed by atoms with Gasteiger partial charge in [0.25, 0.3) is 0 Å². The maximum Gasteiger partial charge on any atom is 0.320 e. The third-order valence-electron chi connectivity index (χ3n) is 4.36. The number of nitrogen functional groups attached to an aromatic ring is 1. The van der Waals surface area contributed by atoms with Crippen LogP contribution in [0.3, 0.4) is 0 Å². The second-order valence-electron chi connectivity index (χ2n) is 7.85. The van der Waals surface area contributed by atoms with Crippen LogP contribution in [0.2, 0.25) is 0 Å². The third-order valence-corrected chi connectivity index (χ3v) is 6.34. The fourth-order valence-corrected chi connectivity index (χ4v) is 4.90. The highest BCUT2D eigenvalue weighted by molar-refractivity contribution is 7.23. The lowest BCUT2D eigenvalue weighted by Crippen LogP contribution is -2.44. The van der Waals surface area contributed by atoms with Crippen LogP contribution in [0, 0.1) is 0 Å². The lowest BCUT2D eigenvalue weighted by molar-refractivity contribution is -0.121. The van der Waals surface area contributed by atoms with Crippen molar-refractivity contribution < 1.29 is 14.4 Å². The molecule has 0 saturated carbocycles. The Labute approximate surface area is 199 Å². The minimum atomic E-state index is -0.655. The molecule has 3 rings (SSSR count). The van der Waals surface area contributed by atoms with E-state index in [2.05, 4.69) is 31.2 Å². The highest BCUT2D eigenvalue weighted by Crippen LogP contribution is 2.38. The molecule has 0 aliphatic heterocycles. The lowest BCUT2D eigenvalue weighted by Gasteiger charge is -2.24. The summed E-state index contributed by atoms with van der Waals surface area (Å²) in [4.78, 5) is 44.8. The molecule has 1 aromatic carbocycles. The molecular weight excluding hydrogens is 462 g/mol. The first-order chi connectivity index (χ1) is 15.6. The van der Waals surface area contributed by atoms with Crippen molar-refractivity contribution in [3.63, 3.8) is 0 Å². The van der Waals surface area contributed by atoms with Crippen LogP contribution in [-0.2, 0) is 9.59 Å². The van der Waals surface area contributed by atoms with Gasteiger partial charge in [0, 0.05) is 42.6 Å². The Kier molecular flexibility index (Phi) is 7.29. The topological polar surface area (TPSA) is 151 Å². The fraction of sp³-hybridized carbons (Fsp3) is 0.286. The van der Waals surface area contributed by atoms with E-state index >= 15 is 0 Å². The Hall–Kier alpha value is -3.51. The minimum Gasteiger partial charge on any atom is -0.382 e. The van der Waals surface area contributed by atoms with Crippen molar-refractivity contribution in [2.45, 2.75) is 32.7 Å². The number of nitrogens with zero attached hydrogens (tertiary/aromatic N) is 2. The van der Waals surface area contributed by atoms with Gasteiger partial charge in [-0.15, -0.1) is 11.3 Å². The summed E-state index contributed by atoms with van der Waals surface area (Å²) in [5.41, 5.74) is 7.53. The van der Waals surface area contributed by atoms with Crippen molar-refractivity contribution in [2.24, 2.45) is 0 Å². The van der Waals surface area contributed by atoms with E-state index in [1.807, 2.05) is 23.6 Å². The van der Waals surface area contributed by atoms with Gasteiger partial charge in [-0.1, -0.05) is 23.5 Å². The first-order valence-corrected chi connectivity index (χ1v) is 11.7. The summed E-state index contributed by atoms with van der Waals surface area (Å²) in [5, 5.41) is 13.6. The second kappa shape index (κ2) is 9.96. The van der Waals surface area contributed by atoms with E-state index in [0.717, 1.165) is 11.3 Å². The van der Waals surface area contributed by atoms with Gasteiger partial charge in [0.15, 0.2) is 5.13 Å². The molecule has 0 fully saturated rings. The number of urea groups is 1. The van der Waals surface area contributed by atoms with E-state index in [1.165, 1.54) is 36.6 Å². The Bertz CT molecular complexity index is 1190. The number of thiazole rings is 2. The Morgan fingerprint density at radius 2 is 1.91 bits per heavy atom. The molecule has 33 heavy (non-hydrogen) atoms. The molecule has 0 aliphatic rings. The molecule has 0 aliphatic carbocycles. The Morgan fingerprint density at radius 1 is 1.15 bits per heavy atom. The molecule has 2 aromatic heterocycles. The largest absolute Gasteiger partial charge is 0.382 e. The van der Waals surface area contributed by atoms with E-state index in [4.69, 9.17) is 5.73 Å². The van der Waals surface area contributed by atoms with Crippen molar-refractivity contribution >= 4 is 57.2 Å². The molecule has 0 atom stereocenters. The number of aromatic nitrogens is 2. The van der Waals surface area contributed by atoms with Crippen LogP contribution < -0.4 is 27.0 Å².